The fourth-order valence-electron chi connectivity index (χ4n) is 2.43. The van der Waals surface area contributed by atoms with E-state index < -0.39 is 0 Å². The molecule has 0 saturated heterocycles. The molecule has 0 radical (unpaired) electrons. The highest BCUT2D eigenvalue weighted by Gasteiger charge is 2.06. The van der Waals surface area contributed by atoms with Crippen LogP contribution in [0, 0.1) is 6.92 Å². The maximum absolute atomic E-state index is 12.1. The molecule has 0 heterocycles. The van der Waals surface area contributed by atoms with Gasteiger partial charge in [-0.05, 0) is 49.8 Å². The second-order valence-electron chi connectivity index (χ2n) is 5.81. The number of carbonyl (C=O) groups is 1. The molecule has 0 aliphatic heterocycles. The molecule has 0 unspecified atom stereocenters. The summed E-state index contributed by atoms with van der Waals surface area (Å²) in [7, 11) is 0. The van der Waals surface area contributed by atoms with Gasteiger partial charge in [-0.2, -0.15) is 0 Å². The van der Waals surface area contributed by atoms with Crippen LogP contribution in [-0.4, -0.2) is 30.5 Å². The molecule has 1 amide bonds. The molecule has 24 heavy (non-hydrogen) atoms. The van der Waals surface area contributed by atoms with Crippen molar-refractivity contribution in [1.29, 1.82) is 0 Å². The van der Waals surface area contributed by atoms with Crippen LogP contribution >= 0.6 is 0 Å². The minimum absolute atomic E-state index is 0.00331. The lowest BCUT2D eigenvalue weighted by Crippen LogP contribution is -2.22. The van der Waals surface area contributed by atoms with Crippen molar-refractivity contribution in [1.82, 2.24) is 4.90 Å². The van der Waals surface area contributed by atoms with Crippen molar-refractivity contribution < 1.29 is 9.53 Å². The number of rotatable bonds is 8. The van der Waals surface area contributed by atoms with Crippen LogP contribution < -0.4 is 10.1 Å². The molecule has 1 N–H and O–H groups in total. The topological polar surface area (TPSA) is 41.6 Å². The van der Waals surface area contributed by atoms with Crippen molar-refractivity contribution in [2.45, 2.75) is 27.3 Å². The standard InChI is InChI=1S/C20H26N2O2/c1-4-22(5-2)14-17-7-6-8-18(13-17)21-20(23)15-24-19-11-9-16(3)10-12-19/h6-13H,4-5,14-15H2,1-3H3,(H,21,23). The van der Waals surface area contributed by atoms with Crippen molar-refractivity contribution in [3.8, 4) is 5.75 Å². The number of nitrogens with one attached hydrogen (secondary N) is 1. The number of anilines is 1. The van der Waals surface area contributed by atoms with E-state index in [1.54, 1.807) is 0 Å². The van der Waals surface area contributed by atoms with Crippen molar-refractivity contribution in [2.75, 3.05) is 25.0 Å². The SMILES string of the molecule is CCN(CC)Cc1cccc(NC(=O)COc2ccc(C)cc2)c1. The number of hydrogen-bond donors (Lipinski definition) is 1. The van der Waals surface area contributed by atoms with Crippen LogP contribution in [0.1, 0.15) is 25.0 Å². The molecule has 0 aromatic heterocycles. The van der Waals surface area contributed by atoms with Gasteiger partial charge in [0, 0.05) is 12.2 Å². The Morgan fingerprint density at radius 3 is 2.46 bits per heavy atom. The van der Waals surface area contributed by atoms with Gasteiger partial charge in [0.1, 0.15) is 5.75 Å². The summed E-state index contributed by atoms with van der Waals surface area (Å²) >= 11 is 0. The molecule has 128 valence electrons. The van der Waals surface area contributed by atoms with E-state index >= 15 is 0 Å². The largest absolute Gasteiger partial charge is 0.484 e. The molecule has 0 aliphatic rings. The highest BCUT2D eigenvalue weighted by molar-refractivity contribution is 5.91. The normalized spacial score (nSPS) is 10.7. The highest BCUT2D eigenvalue weighted by atomic mass is 16.5. The minimum atomic E-state index is -0.157. The molecule has 2 aromatic carbocycles. The highest BCUT2D eigenvalue weighted by Crippen LogP contribution is 2.14. The summed E-state index contributed by atoms with van der Waals surface area (Å²) in [5.74, 6) is 0.543. The van der Waals surface area contributed by atoms with Gasteiger partial charge in [-0.1, -0.05) is 43.7 Å². The third kappa shape index (κ3) is 5.70. The van der Waals surface area contributed by atoms with Gasteiger partial charge in [0.15, 0.2) is 6.61 Å². The van der Waals surface area contributed by atoms with Crippen molar-refractivity contribution in [2.24, 2.45) is 0 Å². The lowest BCUT2D eigenvalue weighted by molar-refractivity contribution is -0.118. The van der Waals surface area contributed by atoms with Crippen molar-refractivity contribution in [3.63, 3.8) is 0 Å². The van der Waals surface area contributed by atoms with Crippen molar-refractivity contribution in [3.05, 3.63) is 59.7 Å². The molecule has 4 nitrogen and oxygen atoms in total. The van der Waals surface area contributed by atoms with E-state index in [0.717, 1.165) is 30.9 Å². The molecule has 2 rings (SSSR count). The number of ether oxygens (including phenoxy) is 1. The monoisotopic (exact) mass is 326 g/mol. The molecule has 0 bridgehead atoms. The molecule has 0 fully saturated rings. The first-order chi connectivity index (χ1) is 11.6. The average Bonchev–Trinajstić information content (AvgIpc) is 2.59. The van der Waals surface area contributed by atoms with E-state index in [2.05, 4.69) is 30.1 Å². The van der Waals surface area contributed by atoms with Gasteiger partial charge < -0.3 is 10.1 Å². The average molecular weight is 326 g/mol. The fraction of sp³-hybridized carbons (Fsp3) is 0.350. The summed E-state index contributed by atoms with van der Waals surface area (Å²) in [5, 5.41) is 2.89. The Morgan fingerprint density at radius 1 is 1.08 bits per heavy atom. The van der Waals surface area contributed by atoms with Crippen LogP contribution in [0.2, 0.25) is 0 Å². The van der Waals surface area contributed by atoms with Gasteiger partial charge in [0.2, 0.25) is 0 Å². The maximum Gasteiger partial charge on any atom is 0.262 e. The summed E-state index contributed by atoms with van der Waals surface area (Å²) in [6.07, 6.45) is 0. The first-order valence-corrected chi connectivity index (χ1v) is 8.41. The molecular formula is C20H26N2O2. The zero-order chi connectivity index (χ0) is 17.4. The summed E-state index contributed by atoms with van der Waals surface area (Å²) in [5.41, 5.74) is 3.16. The van der Waals surface area contributed by atoms with Gasteiger partial charge >= 0.3 is 0 Å². The molecule has 0 aliphatic carbocycles. The minimum Gasteiger partial charge on any atom is -0.484 e. The number of aryl methyl sites for hydroxylation is 1. The van der Waals surface area contributed by atoms with Crippen LogP contribution in [0.5, 0.6) is 5.75 Å². The predicted molar refractivity (Wildman–Crippen MR) is 98.4 cm³/mol. The summed E-state index contributed by atoms with van der Waals surface area (Å²) in [6, 6.07) is 15.6. The van der Waals surface area contributed by atoms with Gasteiger partial charge in [-0.3, -0.25) is 9.69 Å². The number of amides is 1. The zero-order valence-electron chi connectivity index (χ0n) is 14.7. The van der Waals surface area contributed by atoms with E-state index in [1.165, 1.54) is 5.56 Å². The maximum atomic E-state index is 12.1. The summed E-state index contributed by atoms with van der Waals surface area (Å²) in [4.78, 5) is 14.4. The Morgan fingerprint density at radius 2 is 1.79 bits per heavy atom. The molecule has 0 atom stereocenters. The van der Waals surface area contributed by atoms with Gasteiger partial charge in [-0.15, -0.1) is 0 Å². The molecule has 4 heteroatoms. The van der Waals surface area contributed by atoms with Gasteiger partial charge in [0.05, 0.1) is 0 Å². The van der Waals surface area contributed by atoms with Crippen LogP contribution in [0.15, 0.2) is 48.5 Å². The van der Waals surface area contributed by atoms with Gasteiger partial charge in [-0.25, -0.2) is 0 Å². The Kier molecular flexibility index (Phi) is 6.82. The molecular weight excluding hydrogens is 300 g/mol. The molecule has 0 spiro atoms. The van der Waals surface area contributed by atoms with E-state index in [4.69, 9.17) is 4.74 Å². The van der Waals surface area contributed by atoms with Crippen LogP contribution in [0.25, 0.3) is 0 Å². The quantitative estimate of drug-likeness (QED) is 0.801. The third-order valence-electron chi connectivity index (χ3n) is 3.90. The second-order valence-corrected chi connectivity index (χ2v) is 5.81. The molecule has 2 aromatic rings. The lowest BCUT2D eigenvalue weighted by atomic mass is 10.2. The number of nitrogens with zero attached hydrogens (tertiary/aromatic N) is 1. The van der Waals surface area contributed by atoms with Gasteiger partial charge in [0.25, 0.3) is 5.91 Å². The summed E-state index contributed by atoms with van der Waals surface area (Å²) < 4.78 is 5.50. The first-order valence-electron chi connectivity index (χ1n) is 8.41. The Labute approximate surface area is 144 Å². The smallest absolute Gasteiger partial charge is 0.262 e. The second kappa shape index (κ2) is 9.08. The van der Waals surface area contributed by atoms with Crippen LogP contribution in [-0.2, 0) is 11.3 Å². The fourth-order valence-corrected chi connectivity index (χ4v) is 2.43. The Bertz CT molecular complexity index is 649. The Balaban J connectivity index is 1.88. The van der Waals surface area contributed by atoms with E-state index in [-0.39, 0.29) is 12.5 Å². The molecule has 0 saturated carbocycles. The van der Waals surface area contributed by atoms with Crippen LogP contribution in [0.4, 0.5) is 5.69 Å². The van der Waals surface area contributed by atoms with E-state index in [9.17, 15) is 4.79 Å². The van der Waals surface area contributed by atoms with Crippen LogP contribution in [0.3, 0.4) is 0 Å². The number of carbonyl (C=O) groups excluding carboxylic acids is 1. The van der Waals surface area contributed by atoms with E-state index in [1.807, 2.05) is 49.4 Å². The zero-order valence-corrected chi connectivity index (χ0v) is 14.7. The third-order valence-corrected chi connectivity index (χ3v) is 3.90. The van der Waals surface area contributed by atoms with Crippen molar-refractivity contribution >= 4 is 11.6 Å². The lowest BCUT2D eigenvalue weighted by Gasteiger charge is -2.18. The van der Waals surface area contributed by atoms with E-state index in [0.29, 0.717) is 5.75 Å². The summed E-state index contributed by atoms with van der Waals surface area (Å²) in [6.45, 7) is 9.23. The Hall–Kier alpha value is -2.33. The first kappa shape index (κ1) is 18.0. The predicted octanol–water partition coefficient (Wildman–Crippen LogP) is 3.85. The number of hydrogen-bond acceptors (Lipinski definition) is 3. The number of benzene rings is 2.